The van der Waals surface area contributed by atoms with Crippen LogP contribution in [0.25, 0.3) is 0 Å². The molecule has 3 N–H and O–H groups in total. The van der Waals surface area contributed by atoms with Gasteiger partial charge in [0.05, 0.1) is 23.6 Å². The van der Waals surface area contributed by atoms with E-state index in [4.69, 9.17) is 21.5 Å². The van der Waals surface area contributed by atoms with Crippen LogP contribution >= 0.6 is 11.6 Å². The molecule has 1 fully saturated rings. The molecule has 0 spiro atoms. The average Bonchev–Trinajstić information content (AvgIpc) is 3.22. The minimum atomic E-state index is -3.94. The van der Waals surface area contributed by atoms with Crippen molar-refractivity contribution in [1.29, 1.82) is 0 Å². The molecule has 1 aliphatic heterocycles. The fourth-order valence-corrected chi connectivity index (χ4v) is 4.36. The molecular formula is C20H24ClN3O4S. The van der Waals surface area contributed by atoms with Gasteiger partial charge in [-0.2, -0.15) is 0 Å². The van der Waals surface area contributed by atoms with Gasteiger partial charge in [-0.25, -0.2) is 13.6 Å². The van der Waals surface area contributed by atoms with Crippen molar-refractivity contribution in [3.05, 3.63) is 58.6 Å². The summed E-state index contributed by atoms with van der Waals surface area (Å²) < 4.78 is 28.5. The standard InChI is InChI=1S/C20H24ClN3O4S/c1-28-19-9-8-14(29(22,26)27)12-16(19)20(25)23-13-18(24-10-4-5-11-24)15-6-2-3-7-17(15)21/h2-3,6-9,12,18H,4-5,10-11,13H2,1H3,(H,23,25)(H2,22,26,27)/t18-/m1/s1. The first-order chi connectivity index (χ1) is 13.8. The van der Waals surface area contributed by atoms with E-state index in [1.807, 2.05) is 24.3 Å². The van der Waals surface area contributed by atoms with Gasteiger partial charge in [-0.3, -0.25) is 9.69 Å². The molecule has 1 heterocycles. The molecule has 156 valence electrons. The van der Waals surface area contributed by atoms with Crippen LogP contribution in [0.4, 0.5) is 0 Å². The zero-order valence-electron chi connectivity index (χ0n) is 16.1. The van der Waals surface area contributed by atoms with E-state index in [0.717, 1.165) is 31.5 Å². The highest BCUT2D eigenvalue weighted by Gasteiger charge is 2.26. The summed E-state index contributed by atoms with van der Waals surface area (Å²) in [7, 11) is -2.52. The maximum Gasteiger partial charge on any atom is 0.255 e. The first kappa shape index (κ1) is 21.6. The summed E-state index contributed by atoms with van der Waals surface area (Å²) in [6.07, 6.45) is 2.19. The second-order valence-electron chi connectivity index (χ2n) is 6.90. The van der Waals surface area contributed by atoms with E-state index < -0.39 is 15.9 Å². The lowest BCUT2D eigenvalue weighted by atomic mass is 10.0. The monoisotopic (exact) mass is 437 g/mol. The number of ether oxygens (including phenoxy) is 1. The number of halogens is 1. The predicted octanol–water partition coefficient (Wildman–Crippen LogP) is 2.56. The lowest BCUT2D eigenvalue weighted by Crippen LogP contribution is -2.37. The van der Waals surface area contributed by atoms with E-state index in [-0.39, 0.29) is 22.3 Å². The Morgan fingerprint density at radius 2 is 1.93 bits per heavy atom. The highest BCUT2D eigenvalue weighted by Crippen LogP contribution is 2.30. The Morgan fingerprint density at radius 3 is 2.55 bits per heavy atom. The minimum absolute atomic E-state index is 0.0810. The Kier molecular flexibility index (Phi) is 6.79. The Labute approximate surface area is 175 Å². The Balaban J connectivity index is 1.84. The molecule has 2 aromatic rings. The minimum Gasteiger partial charge on any atom is -0.496 e. The van der Waals surface area contributed by atoms with Crippen LogP contribution in [0.3, 0.4) is 0 Å². The first-order valence-corrected chi connectivity index (χ1v) is 11.2. The number of methoxy groups -OCH3 is 1. The topological polar surface area (TPSA) is 102 Å². The predicted molar refractivity (Wildman–Crippen MR) is 112 cm³/mol. The molecule has 29 heavy (non-hydrogen) atoms. The molecule has 9 heteroatoms. The molecule has 0 aromatic heterocycles. The molecule has 1 saturated heterocycles. The number of primary sulfonamides is 1. The largest absolute Gasteiger partial charge is 0.496 e. The molecule has 0 bridgehead atoms. The third-order valence-corrected chi connectivity index (χ3v) is 6.30. The number of likely N-dealkylation sites (tertiary alicyclic amines) is 1. The Bertz CT molecular complexity index is 991. The van der Waals surface area contributed by atoms with E-state index in [1.54, 1.807) is 0 Å². The van der Waals surface area contributed by atoms with E-state index >= 15 is 0 Å². The van der Waals surface area contributed by atoms with Gasteiger partial charge in [0.1, 0.15) is 5.75 Å². The summed E-state index contributed by atoms with van der Waals surface area (Å²) in [5.74, 6) is -0.172. The van der Waals surface area contributed by atoms with E-state index in [1.165, 1.54) is 25.3 Å². The number of carbonyl (C=O) groups excluding carboxylic acids is 1. The normalized spacial score (nSPS) is 15.8. The lowest BCUT2D eigenvalue weighted by molar-refractivity contribution is 0.0934. The van der Waals surface area contributed by atoms with Gasteiger partial charge in [-0.15, -0.1) is 0 Å². The van der Waals surface area contributed by atoms with Crippen molar-refractivity contribution in [3.63, 3.8) is 0 Å². The summed E-state index contributed by atoms with van der Waals surface area (Å²) in [6, 6.07) is 11.5. The number of sulfonamides is 1. The maximum absolute atomic E-state index is 12.9. The SMILES string of the molecule is COc1ccc(S(N)(=O)=O)cc1C(=O)NC[C@H](c1ccccc1Cl)N1CCCC1. The molecule has 0 unspecified atom stereocenters. The van der Waals surface area contributed by atoms with E-state index in [9.17, 15) is 13.2 Å². The summed E-state index contributed by atoms with van der Waals surface area (Å²) >= 11 is 6.41. The van der Waals surface area contributed by atoms with Gasteiger partial charge >= 0.3 is 0 Å². The molecule has 0 aliphatic carbocycles. The number of hydrogen-bond acceptors (Lipinski definition) is 5. The first-order valence-electron chi connectivity index (χ1n) is 9.29. The van der Waals surface area contributed by atoms with Crippen LogP contribution in [-0.2, 0) is 10.0 Å². The number of hydrogen-bond donors (Lipinski definition) is 2. The lowest BCUT2D eigenvalue weighted by Gasteiger charge is -2.29. The molecule has 1 atom stereocenters. The van der Waals surface area contributed by atoms with Crippen molar-refractivity contribution in [2.24, 2.45) is 5.14 Å². The van der Waals surface area contributed by atoms with Crippen LogP contribution in [0.1, 0.15) is 34.8 Å². The third-order valence-electron chi connectivity index (χ3n) is 5.05. The van der Waals surface area contributed by atoms with Gasteiger partial charge in [-0.1, -0.05) is 29.8 Å². The summed E-state index contributed by atoms with van der Waals surface area (Å²) in [5.41, 5.74) is 1.06. The number of nitrogens with two attached hydrogens (primary N) is 1. The maximum atomic E-state index is 12.9. The van der Waals surface area contributed by atoms with E-state index in [0.29, 0.717) is 11.6 Å². The fraction of sp³-hybridized carbons (Fsp3) is 0.350. The van der Waals surface area contributed by atoms with Crippen LogP contribution < -0.4 is 15.2 Å². The molecular weight excluding hydrogens is 414 g/mol. The number of amides is 1. The number of carbonyl (C=O) groups is 1. The number of nitrogens with one attached hydrogen (secondary N) is 1. The number of benzene rings is 2. The Hall–Kier alpha value is -2.13. The molecule has 3 rings (SSSR count). The highest BCUT2D eigenvalue weighted by atomic mass is 35.5. The quantitative estimate of drug-likeness (QED) is 0.693. The molecule has 1 amide bonds. The van der Waals surface area contributed by atoms with Gasteiger partial charge < -0.3 is 10.1 Å². The van der Waals surface area contributed by atoms with Crippen LogP contribution in [-0.4, -0.2) is 46.0 Å². The van der Waals surface area contributed by atoms with Gasteiger partial charge in [0.2, 0.25) is 10.0 Å². The van der Waals surface area contributed by atoms with Crippen molar-refractivity contribution < 1.29 is 17.9 Å². The molecule has 2 aromatic carbocycles. The summed E-state index contributed by atoms with van der Waals surface area (Å²) in [5, 5.41) is 8.74. The van der Waals surface area contributed by atoms with Crippen LogP contribution in [0, 0.1) is 0 Å². The highest BCUT2D eigenvalue weighted by molar-refractivity contribution is 7.89. The Morgan fingerprint density at radius 1 is 1.24 bits per heavy atom. The van der Waals surface area contributed by atoms with E-state index in [2.05, 4.69) is 10.2 Å². The third kappa shape index (κ3) is 5.08. The number of rotatable bonds is 7. The smallest absolute Gasteiger partial charge is 0.255 e. The summed E-state index contributed by atoms with van der Waals surface area (Å²) in [4.78, 5) is 15.0. The summed E-state index contributed by atoms with van der Waals surface area (Å²) in [6.45, 7) is 2.18. The van der Waals surface area contributed by atoms with Gasteiger partial charge in [0, 0.05) is 11.6 Å². The molecule has 0 radical (unpaired) electrons. The van der Waals surface area contributed by atoms with Crippen molar-refractivity contribution in [2.75, 3.05) is 26.7 Å². The fourth-order valence-electron chi connectivity index (χ4n) is 3.56. The van der Waals surface area contributed by atoms with Crippen LogP contribution in [0.2, 0.25) is 5.02 Å². The van der Waals surface area contributed by atoms with Crippen molar-refractivity contribution in [3.8, 4) is 5.75 Å². The van der Waals surface area contributed by atoms with Crippen LogP contribution in [0.15, 0.2) is 47.4 Å². The molecule has 1 aliphatic rings. The second-order valence-corrected chi connectivity index (χ2v) is 8.87. The number of nitrogens with zero attached hydrogens (tertiary/aromatic N) is 1. The average molecular weight is 438 g/mol. The molecule has 7 nitrogen and oxygen atoms in total. The van der Waals surface area contributed by atoms with Crippen molar-refractivity contribution in [1.82, 2.24) is 10.2 Å². The zero-order valence-corrected chi connectivity index (χ0v) is 17.7. The van der Waals surface area contributed by atoms with Gasteiger partial charge in [-0.05, 0) is 55.8 Å². The van der Waals surface area contributed by atoms with Crippen LogP contribution in [0.5, 0.6) is 5.75 Å². The van der Waals surface area contributed by atoms with Crippen molar-refractivity contribution >= 4 is 27.5 Å². The molecule has 0 saturated carbocycles. The zero-order chi connectivity index (χ0) is 21.0. The van der Waals surface area contributed by atoms with Gasteiger partial charge in [0.25, 0.3) is 5.91 Å². The second kappa shape index (κ2) is 9.13. The van der Waals surface area contributed by atoms with Crippen molar-refractivity contribution in [2.45, 2.75) is 23.8 Å². The van der Waals surface area contributed by atoms with Gasteiger partial charge in [0.15, 0.2) is 0 Å².